The molecule has 0 fully saturated rings. The molecule has 2 amide bonds. The molecule has 202 valence electrons. The van der Waals surface area contributed by atoms with Gasteiger partial charge in [-0.1, -0.05) is 83.9 Å². The number of hydrogen-bond donors (Lipinski definition) is 1. The number of amides is 2. The van der Waals surface area contributed by atoms with Gasteiger partial charge in [0.2, 0.25) is 21.8 Å². The van der Waals surface area contributed by atoms with E-state index in [-0.39, 0.29) is 40.6 Å². The molecule has 0 saturated carbocycles. The molecule has 7 nitrogen and oxygen atoms in total. The summed E-state index contributed by atoms with van der Waals surface area (Å²) in [5.41, 5.74) is 1.74. The summed E-state index contributed by atoms with van der Waals surface area (Å²) >= 11 is 12.4. The molecule has 0 aliphatic heterocycles. The van der Waals surface area contributed by atoms with Gasteiger partial charge >= 0.3 is 0 Å². The van der Waals surface area contributed by atoms with Crippen LogP contribution in [0.4, 0.5) is 5.69 Å². The highest BCUT2D eigenvalue weighted by molar-refractivity contribution is 7.92. The normalized spacial score (nSPS) is 12.2. The molecular weight excluding hydrogens is 545 g/mol. The molecular formula is C28H31Cl2N3O4S. The van der Waals surface area contributed by atoms with E-state index in [2.05, 4.69) is 5.32 Å². The van der Waals surface area contributed by atoms with E-state index in [9.17, 15) is 18.0 Å². The maximum absolute atomic E-state index is 14.0. The van der Waals surface area contributed by atoms with Crippen LogP contribution in [0.2, 0.25) is 10.0 Å². The van der Waals surface area contributed by atoms with E-state index in [1.165, 1.54) is 23.1 Å². The standard InChI is InChI=1S/C28H31Cl2N3O4S/c1-20(2)31-28(35)26(16-21-10-6-4-7-11-21)32(18-22-12-8-5-9-13-22)27(34)19-33(38(3,36)37)25-17-23(29)14-15-24(25)30/h4-15,17,20,26H,16,18-19H2,1-3H3,(H,31,35)/t26-/m1/s1. The summed E-state index contributed by atoms with van der Waals surface area (Å²) < 4.78 is 26.6. The lowest BCUT2D eigenvalue weighted by Gasteiger charge is -2.34. The van der Waals surface area contributed by atoms with Crippen molar-refractivity contribution in [3.05, 3.63) is 100 Å². The van der Waals surface area contributed by atoms with Gasteiger partial charge < -0.3 is 10.2 Å². The number of carbonyl (C=O) groups is 2. The zero-order valence-electron chi connectivity index (χ0n) is 21.5. The second-order valence-corrected chi connectivity index (χ2v) is 12.0. The van der Waals surface area contributed by atoms with Crippen molar-refractivity contribution in [2.45, 2.75) is 38.9 Å². The van der Waals surface area contributed by atoms with Crippen molar-refractivity contribution in [2.24, 2.45) is 0 Å². The lowest BCUT2D eigenvalue weighted by molar-refractivity contribution is -0.140. The molecule has 3 rings (SSSR count). The minimum absolute atomic E-state index is 0.0842. The number of carbonyl (C=O) groups excluding carboxylic acids is 2. The van der Waals surface area contributed by atoms with Crippen molar-refractivity contribution in [1.29, 1.82) is 0 Å². The molecule has 1 N–H and O–H groups in total. The Morgan fingerprint density at radius 3 is 2.03 bits per heavy atom. The van der Waals surface area contributed by atoms with Gasteiger partial charge in [0.1, 0.15) is 12.6 Å². The first-order chi connectivity index (χ1) is 18.0. The molecule has 0 saturated heterocycles. The monoisotopic (exact) mass is 575 g/mol. The molecule has 0 aromatic heterocycles. The Morgan fingerprint density at radius 2 is 1.47 bits per heavy atom. The molecule has 0 aliphatic rings. The number of hydrogen-bond acceptors (Lipinski definition) is 4. The number of sulfonamides is 1. The van der Waals surface area contributed by atoms with Crippen LogP contribution in [0.25, 0.3) is 0 Å². The van der Waals surface area contributed by atoms with Crippen LogP contribution in [-0.4, -0.2) is 50.0 Å². The van der Waals surface area contributed by atoms with Crippen molar-refractivity contribution in [3.63, 3.8) is 0 Å². The molecule has 0 unspecified atom stereocenters. The molecule has 0 aliphatic carbocycles. The van der Waals surface area contributed by atoms with Crippen LogP contribution < -0.4 is 9.62 Å². The molecule has 0 bridgehead atoms. The van der Waals surface area contributed by atoms with E-state index >= 15 is 0 Å². The quantitative estimate of drug-likeness (QED) is 0.351. The van der Waals surface area contributed by atoms with E-state index < -0.39 is 28.5 Å². The Balaban J connectivity index is 2.06. The third-order valence-electron chi connectivity index (χ3n) is 5.75. The second-order valence-electron chi connectivity index (χ2n) is 9.24. The fraction of sp³-hybridized carbons (Fsp3) is 0.286. The van der Waals surface area contributed by atoms with E-state index in [1.54, 1.807) is 0 Å². The van der Waals surface area contributed by atoms with E-state index in [0.29, 0.717) is 0 Å². The topological polar surface area (TPSA) is 86.8 Å². The van der Waals surface area contributed by atoms with Gasteiger partial charge in [0.15, 0.2) is 0 Å². The molecule has 38 heavy (non-hydrogen) atoms. The van der Waals surface area contributed by atoms with E-state index in [4.69, 9.17) is 23.2 Å². The van der Waals surface area contributed by atoms with Gasteiger partial charge in [-0.05, 0) is 43.2 Å². The predicted octanol–water partition coefficient (Wildman–Crippen LogP) is 4.92. The number of halogens is 2. The van der Waals surface area contributed by atoms with Gasteiger partial charge in [-0.25, -0.2) is 8.42 Å². The van der Waals surface area contributed by atoms with Crippen LogP contribution in [0, 0.1) is 0 Å². The highest BCUT2D eigenvalue weighted by atomic mass is 35.5. The van der Waals surface area contributed by atoms with Crippen LogP contribution in [0.1, 0.15) is 25.0 Å². The van der Waals surface area contributed by atoms with Crippen molar-refractivity contribution in [2.75, 3.05) is 17.1 Å². The Kier molecular flexibility index (Phi) is 10.2. The maximum atomic E-state index is 14.0. The fourth-order valence-electron chi connectivity index (χ4n) is 3.99. The first-order valence-corrected chi connectivity index (χ1v) is 14.7. The SMILES string of the molecule is CC(C)NC(=O)[C@@H](Cc1ccccc1)N(Cc1ccccc1)C(=O)CN(c1cc(Cl)ccc1Cl)S(C)(=O)=O. The number of rotatable bonds is 11. The molecule has 1 atom stereocenters. The highest BCUT2D eigenvalue weighted by Gasteiger charge is 2.33. The third-order valence-corrected chi connectivity index (χ3v) is 7.44. The number of anilines is 1. The van der Waals surface area contributed by atoms with Gasteiger partial charge in [0.25, 0.3) is 0 Å². The van der Waals surface area contributed by atoms with Gasteiger partial charge in [0.05, 0.1) is 17.0 Å². The van der Waals surface area contributed by atoms with Crippen LogP contribution in [0.3, 0.4) is 0 Å². The Labute approximate surface area is 234 Å². The summed E-state index contributed by atoms with van der Waals surface area (Å²) in [5.74, 6) is -0.894. The number of nitrogens with zero attached hydrogens (tertiary/aromatic N) is 2. The first-order valence-electron chi connectivity index (χ1n) is 12.1. The van der Waals surface area contributed by atoms with Crippen molar-refractivity contribution >= 4 is 50.7 Å². The van der Waals surface area contributed by atoms with Gasteiger partial charge in [-0.3, -0.25) is 13.9 Å². The highest BCUT2D eigenvalue weighted by Crippen LogP contribution is 2.31. The molecule has 3 aromatic rings. The summed E-state index contributed by atoms with van der Waals surface area (Å²) in [4.78, 5) is 28.9. The zero-order chi connectivity index (χ0) is 27.9. The summed E-state index contributed by atoms with van der Waals surface area (Å²) in [6.45, 7) is 3.22. The second kappa shape index (κ2) is 13.1. The Bertz CT molecular complexity index is 1350. The smallest absolute Gasteiger partial charge is 0.244 e. The molecule has 0 spiro atoms. The summed E-state index contributed by atoms with van der Waals surface area (Å²) in [6, 6.07) is 21.9. The van der Waals surface area contributed by atoms with Crippen LogP contribution in [0.15, 0.2) is 78.9 Å². The summed E-state index contributed by atoms with van der Waals surface area (Å²) in [6.07, 6.45) is 1.24. The largest absolute Gasteiger partial charge is 0.352 e. The van der Waals surface area contributed by atoms with Gasteiger partial charge in [0, 0.05) is 24.0 Å². The third kappa shape index (κ3) is 8.21. The average molecular weight is 577 g/mol. The fourth-order valence-corrected chi connectivity index (χ4v) is 5.28. The van der Waals surface area contributed by atoms with Crippen molar-refractivity contribution in [1.82, 2.24) is 10.2 Å². The van der Waals surface area contributed by atoms with E-state index in [0.717, 1.165) is 21.7 Å². The average Bonchev–Trinajstić information content (AvgIpc) is 2.86. The van der Waals surface area contributed by atoms with Gasteiger partial charge in [-0.15, -0.1) is 0 Å². The van der Waals surface area contributed by atoms with Crippen LogP contribution in [-0.2, 0) is 32.6 Å². The molecule has 10 heteroatoms. The van der Waals surface area contributed by atoms with Gasteiger partial charge in [-0.2, -0.15) is 0 Å². The first kappa shape index (κ1) is 29.5. The van der Waals surface area contributed by atoms with Crippen LogP contribution in [0.5, 0.6) is 0 Å². The summed E-state index contributed by atoms with van der Waals surface area (Å²) in [7, 11) is -3.94. The minimum atomic E-state index is -3.94. The molecule has 0 heterocycles. The zero-order valence-corrected chi connectivity index (χ0v) is 23.8. The maximum Gasteiger partial charge on any atom is 0.244 e. The Morgan fingerprint density at radius 1 is 0.895 bits per heavy atom. The predicted molar refractivity (Wildman–Crippen MR) is 153 cm³/mol. The van der Waals surface area contributed by atoms with Crippen molar-refractivity contribution in [3.8, 4) is 0 Å². The lowest BCUT2D eigenvalue weighted by atomic mass is 10.0. The number of benzene rings is 3. The molecule has 0 radical (unpaired) electrons. The van der Waals surface area contributed by atoms with E-state index in [1.807, 2.05) is 74.5 Å². The van der Waals surface area contributed by atoms with Crippen LogP contribution >= 0.6 is 23.2 Å². The molecule has 3 aromatic carbocycles. The summed E-state index contributed by atoms with van der Waals surface area (Å²) in [5, 5.41) is 3.31. The number of nitrogens with one attached hydrogen (secondary N) is 1. The Hall–Kier alpha value is -3.07. The lowest BCUT2D eigenvalue weighted by Crippen LogP contribution is -2.54. The minimum Gasteiger partial charge on any atom is -0.352 e. The van der Waals surface area contributed by atoms with Crippen molar-refractivity contribution < 1.29 is 18.0 Å².